The van der Waals surface area contributed by atoms with E-state index in [9.17, 15) is 17.8 Å². The lowest BCUT2D eigenvalue weighted by Gasteiger charge is -2.18. The number of hydrogen-bond acceptors (Lipinski definition) is 7. The third kappa shape index (κ3) is 6.48. The van der Waals surface area contributed by atoms with Crippen molar-refractivity contribution in [2.75, 3.05) is 31.0 Å². The van der Waals surface area contributed by atoms with Gasteiger partial charge in [0, 0.05) is 34.9 Å². The van der Waals surface area contributed by atoms with Gasteiger partial charge in [0.1, 0.15) is 30.4 Å². The summed E-state index contributed by atoms with van der Waals surface area (Å²) in [4.78, 5) is 20.5. The van der Waals surface area contributed by atoms with Gasteiger partial charge >= 0.3 is 0 Å². The summed E-state index contributed by atoms with van der Waals surface area (Å²) in [5, 5.41) is 6.13. The average molecular weight is 498 g/mol. The molecule has 176 valence electrons. The Morgan fingerprint density at radius 2 is 2.03 bits per heavy atom. The van der Waals surface area contributed by atoms with E-state index in [1.165, 1.54) is 37.9 Å². The number of carbonyl (C=O) groups is 1. The number of nitrogens with zero attached hydrogens (tertiary/aromatic N) is 3. The first kappa shape index (κ1) is 24.6. The molecule has 8 nitrogen and oxygen atoms in total. The van der Waals surface area contributed by atoms with Gasteiger partial charge in [0.05, 0.1) is 27.3 Å². The van der Waals surface area contributed by atoms with E-state index in [2.05, 4.69) is 25.0 Å². The Balaban J connectivity index is 1.97. The number of anilines is 2. The maximum absolute atomic E-state index is 13.9. The van der Waals surface area contributed by atoms with Crippen molar-refractivity contribution in [3.05, 3.63) is 47.5 Å². The van der Waals surface area contributed by atoms with Crippen LogP contribution in [0.2, 0.25) is 5.02 Å². The number of aromatic nitrogens is 2. The lowest BCUT2D eigenvalue weighted by molar-refractivity contribution is -0.127. The normalized spacial score (nSPS) is 12.3. The minimum atomic E-state index is -2.40. The zero-order valence-corrected chi connectivity index (χ0v) is 19.6. The van der Waals surface area contributed by atoms with Crippen molar-refractivity contribution in [2.45, 2.75) is 13.0 Å². The predicted molar refractivity (Wildman–Crippen MR) is 125 cm³/mol. The van der Waals surface area contributed by atoms with Gasteiger partial charge in [-0.25, -0.2) is 23.0 Å². The smallest absolute Gasteiger partial charge is 0.260 e. The fourth-order valence-electron chi connectivity index (χ4n) is 2.91. The largest absolute Gasteiger partial charge is 0.479 e. The number of nitrogens with one attached hydrogen (secondary N) is 2. The Morgan fingerprint density at radius 1 is 1.27 bits per heavy atom. The Morgan fingerprint density at radius 3 is 2.73 bits per heavy atom. The first-order valence-corrected chi connectivity index (χ1v) is 12.5. The second kappa shape index (κ2) is 10.3. The van der Waals surface area contributed by atoms with Gasteiger partial charge in [-0.15, -0.1) is 0 Å². The zero-order chi connectivity index (χ0) is 24.2. The molecule has 0 radical (unpaired) electrons. The van der Waals surface area contributed by atoms with Crippen molar-refractivity contribution in [1.29, 1.82) is 0 Å². The summed E-state index contributed by atoms with van der Waals surface area (Å²) < 4.78 is 48.0. The molecule has 0 saturated heterocycles. The average Bonchev–Trinajstić information content (AvgIpc) is 2.72. The van der Waals surface area contributed by atoms with Gasteiger partial charge in [-0.2, -0.15) is 4.36 Å². The summed E-state index contributed by atoms with van der Waals surface area (Å²) in [6, 6.07) is 6.92. The molecule has 1 aromatic heterocycles. The van der Waals surface area contributed by atoms with E-state index in [0.717, 1.165) is 6.07 Å². The first-order chi connectivity index (χ1) is 15.6. The number of ether oxygens (including phenoxy) is 1. The van der Waals surface area contributed by atoms with Gasteiger partial charge in [0.2, 0.25) is 0 Å². The van der Waals surface area contributed by atoms with Crippen molar-refractivity contribution < 1.29 is 22.5 Å². The number of halogens is 3. The molecule has 0 aliphatic heterocycles. The molecule has 0 aliphatic rings. The maximum atomic E-state index is 13.9. The first-order valence-electron chi connectivity index (χ1n) is 9.75. The van der Waals surface area contributed by atoms with Crippen LogP contribution in [0.4, 0.5) is 26.0 Å². The molecule has 0 fully saturated rings. The third-order valence-corrected chi connectivity index (χ3v) is 5.21. The minimum absolute atomic E-state index is 0.0455. The lowest BCUT2D eigenvalue weighted by atomic mass is 10.2. The predicted octanol–water partition coefficient (Wildman–Crippen LogP) is 4.38. The number of alkyl halides is 1. The SMILES string of the molecule is C[C@@H](Oc1cc(F)ccc1Nc1ncnc2cc(N=S(C)(C)=O)cc(Cl)c12)C(=O)NCCF. The van der Waals surface area contributed by atoms with Crippen LogP contribution in [0, 0.1) is 5.82 Å². The Labute approximate surface area is 194 Å². The Kier molecular flexibility index (Phi) is 7.65. The molecule has 0 bridgehead atoms. The number of rotatable bonds is 8. The molecule has 0 aliphatic carbocycles. The van der Waals surface area contributed by atoms with Crippen LogP contribution in [0.3, 0.4) is 0 Å². The highest BCUT2D eigenvalue weighted by atomic mass is 35.5. The van der Waals surface area contributed by atoms with Crippen LogP contribution in [-0.4, -0.2) is 51.9 Å². The molecule has 12 heteroatoms. The van der Waals surface area contributed by atoms with E-state index in [1.54, 1.807) is 12.1 Å². The van der Waals surface area contributed by atoms with Crippen LogP contribution >= 0.6 is 11.6 Å². The van der Waals surface area contributed by atoms with E-state index in [0.29, 0.717) is 28.1 Å². The van der Waals surface area contributed by atoms with Crippen LogP contribution in [0.1, 0.15) is 6.92 Å². The Hall–Kier alpha value is -3.05. The summed E-state index contributed by atoms with van der Waals surface area (Å²) in [6.07, 6.45) is 3.31. The standard InChI is InChI=1S/C21H22ClF2N5O3S/c1-12(21(30)25-7-6-23)32-18-8-13(24)4-5-16(18)28-20-19-15(22)9-14(29-33(2,3)31)10-17(19)26-11-27-20/h4-5,8-12H,6-7H2,1-3H3,(H,25,30)(H,26,27,28)/t12-/m1/s1. The molecule has 2 N–H and O–H groups in total. The van der Waals surface area contributed by atoms with Crippen molar-refractivity contribution in [3.63, 3.8) is 0 Å². The van der Waals surface area contributed by atoms with Gasteiger partial charge in [0.25, 0.3) is 5.91 Å². The highest BCUT2D eigenvalue weighted by molar-refractivity contribution is 7.92. The summed E-state index contributed by atoms with van der Waals surface area (Å²) in [7, 11) is -2.40. The highest BCUT2D eigenvalue weighted by Crippen LogP contribution is 2.36. The molecule has 1 heterocycles. The van der Waals surface area contributed by atoms with Gasteiger partial charge in [-0.05, 0) is 31.2 Å². The van der Waals surface area contributed by atoms with Gasteiger partial charge in [-0.3, -0.25) is 4.79 Å². The molecular formula is C21H22ClF2N5O3S. The van der Waals surface area contributed by atoms with Gasteiger partial charge in [0.15, 0.2) is 6.10 Å². The van der Waals surface area contributed by atoms with E-state index in [1.807, 2.05) is 0 Å². The molecule has 3 rings (SSSR count). The molecule has 33 heavy (non-hydrogen) atoms. The summed E-state index contributed by atoms with van der Waals surface area (Å²) in [5.74, 6) is -0.773. The molecule has 1 atom stereocenters. The van der Waals surface area contributed by atoms with Crippen molar-refractivity contribution >= 4 is 55.3 Å². The second-order valence-corrected chi connectivity index (χ2v) is 10.3. The van der Waals surface area contributed by atoms with E-state index in [4.69, 9.17) is 16.3 Å². The van der Waals surface area contributed by atoms with Crippen LogP contribution in [0.15, 0.2) is 41.0 Å². The molecule has 2 aromatic carbocycles. The molecule has 0 saturated carbocycles. The number of fused-ring (bicyclic) bond motifs is 1. The van der Waals surface area contributed by atoms with E-state index in [-0.39, 0.29) is 17.3 Å². The van der Waals surface area contributed by atoms with Crippen molar-refractivity contribution in [2.24, 2.45) is 4.36 Å². The van der Waals surface area contributed by atoms with Crippen LogP contribution in [-0.2, 0) is 14.5 Å². The van der Waals surface area contributed by atoms with E-state index < -0.39 is 34.2 Å². The van der Waals surface area contributed by atoms with Crippen LogP contribution in [0.5, 0.6) is 5.75 Å². The van der Waals surface area contributed by atoms with Crippen molar-refractivity contribution in [1.82, 2.24) is 15.3 Å². The fraction of sp³-hybridized carbons (Fsp3) is 0.286. The topological polar surface area (TPSA) is 106 Å². The molecule has 1 amide bonds. The number of benzene rings is 2. The lowest BCUT2D eigenvalue weighted by Crippen LogP contribution is -2.37. The Bertz CT molecular complexity index is 1310. The fourth-order valence-corrected chi connectivity index (χ4v) is 3.82. The van der Waals surface area contributed by atoms with Crippen molar-refractivity contribution in [3.8, 4) is 5.75 Å². The highest BCUT2D eigenvalue weighted by Gasteiger charge is 2.18. The second-order valence-electron chi connectivity index (χ2n) is 7.32. The third-order valence-electron chi connectivity index (χ3n) is 4.26. The number of hydrogen-bond donors (Lipinski definition) is 2. The van der Waals surface area contributed by atoms with Crippen LogP contribution < -0.4 is 15.4 Å². The molecule has 0 unspecified atom stereocenters. The minimum Gasteiger partial charge on any atom is -0.479 e. The van der Waals surface area contributed by atoms with Crippen LogP contribution in [0.25, 0.3) is 10.9 Å². The van der Waals surface area contributed by atoms with Gasteiger partial charge in [-0.1, -0.05) is 11.6 Å². The number of carbonyl (C=O) groups excluding carboxylic acids is 1. The summed E-state index contributed by atoms with van der Waals surface area (Å²) >= 11 is 6.45. The zero-order valence-electron chi connectivity index (χ0n) is 18.1. The maximum Gasteiger partial charge on any atom is 0.260 e. The molecular weight excluding hydrogens is 476 g/mol. The summed E-state index contributed by atoms with van der Waals surface area (Å²) in [6.45, 7) is 0.602. The quantitative estimate of drug-likeness (QED) is 0.478. The number of amides is 1. The molecule has 3 aromatic rings. The van der Waals surface area contributed by atoms with E-state index >= 15 is 0 Å². The molecule has 0 spiro atoms. The van der Waals surface area contributed by atoms with Gasteiger partial charge < -0.3 is 15.4 Å². The monoisotopic (exact) mass is 497 g/mol. The summed E-state index contributed by atoms with van der Waals surface area (Å²) in [5.41, 5.74) is 1.17.